The molecule has 0 spiro atoms. The van der Waals surface area contributed by atoms with E-state index in [9.17, 15) is 15.3 Å². The fourth-order valence-electron chi connectivity index (χ4n) is 3.13. The minimum atomic E-state index is 0.175. The van der Waals surface area contributed by atoms with Crippen LogP contribution in [0.2, 0.25) is 0 Å². The third-order valence-electron chi connectivity index (χ3n) is 4.58. The van der Waals surface area contributed by atoms with Crippen LogP contribution in [0.1, 0.15) is 29.0 Å². The predicted molar refractivity (Wildman–Crippen MR) is 99.1 cm³/mol. The van der Waals surface area contributed by atoms with E-state index in [1.54, 1.807) is 24.3 Å². The van der Waals surface area contributed by atoms with E-state index in [1.807, 2.05) is 48.5 Å². The van der Waals surface area contributed by atoms with Crippen molar-refractivity contribution >= 4 is 0 Å². The Labute approximate surface area is 147 Å². The normalized spacial score (nSPS) is 12.0. The van der Waals surface area contributed by atoms with Gasteiger partial charge in [0.15, 0.2) is 0 Å². The molecule has 0 aromatic heterocycles. The third kappa shape index (κ3) is 4.32. The highest BCUT2D eigenvalue weighted by atomic mass is 16.3. The van der Waals surface area contributed by atoms with Gasteiger partial charge in [-0.2, -0.15) is 0 Å². The second-order valence-electron chi connectivity index (χ2n) is 6.29. The van der Waals surface area contributed by atoms with Crippen LogP contribution < -0.4 is 0 Å². The van der Waals surface area contributed by atoms with Crippen LogP contribution in [0.5, 0.6) is 17.2 Å². The van der Waals surface area contributed by atoms with Crippen LogP contribution in [0, 0.1) is 0 Å². The van der Waals surface area contributed by atoms with Crippen molar-refractivity contribution in [3.63, 3.8) is 0 Å². The average molecular weight is 334 g/mol. The van der Waals surface area contributed by atoms with Crippen molar-refractivity contribution in [2.24, 2.45) is 0 Å². The molecule has 0 saturated heterocycles. The predicted octanol–water partition coefficient (Wildman–Crippen LogP) is 4.76. The molecule has 0 aliphatic rings. The average Bonchev–Trinajstić information content (AvgIpc) is 2.62. The molecule has 0 aliphatic carbocycles. The zero-order valence-corrected chi connectivity index (χ0v) is 14.0. The van der Waals surface area contributed by atoms with Crippen molar-refractivity contribution in [1.29, 1.82) is 0 Å². The maximum atomic E-state index is 10.1. The fraction of sp³-hybridized carbons (Fsp3) is 0.182. The number of hydrogen-bond donors (Lipinski definition) is 3. The van der Waals surface area contributed by atoms with Crippen molar-refractivity contribution in [2.75, 3.05) is 0 Å². The highest BCUT2D eigenvalue weighted by Crippen LogP contribution is 2.31. The van der Waals surface area contributed by atoms with Gasteiger partial charge in [0.25, 0.3) is 0 Å². The van der Waals surface area contributed by atoms with E-state index in [1.165, 1.54) is 0 Å². The number of aryl methyl sites for hydroxylation is 1. The summed E-state index contributed by atoms with van der Waals surface area (Å²) < 4.78 is 0. The van der Waals surface area contributed by atoms with Crippen LogP contribution in [-0.4, -0.2) is 15.3 Å². The SMILES string of the molecule is Oc1ccc(C(CCc2ccccc2O)Cc2ccccc2O)cc1. The van der Waals surface area contributed by atoms with E-state index in [0.717, 1.165) is 29.5 Å². The van der Waals surface area contributed by atoms with Gasteiger partial charge in [-0.3, -0.25) is 0 Å². The lowest BCUT2D eigenvalue weighted by atomic mass is 9.86. The van der Waals surface area contributed by atoms with Crippen LogP contribution in [0.25, 0.3) is 0 Å². The number of rotatable bonds is 6. The summed E-state index contributed by atoms with van der Waals surface area (Å²) in [6, 6.07) is 22.0. The van der Waals surface area contributed by atoms with Crippen molar-refractivity contribution in [3.05, 3.63) is 89.5 Å². The summed E-state index contributed by atoms with van der Waals surface area (Å²) in [5.74, 6) is 1.03. The molecule has 0 amide bonds. The maximum Gasteiger partial charge on any atom is 0.118 e. The first-order valence-electron chi connectivity index (χ1n) is 8.46. The Kier molecular flexibility index (Phi) is 5.24. The Morgan fingerprint density at radius 2 is 1.20 bits per heavy atom. The van der Waals surface area contributed by atoms with E-state index in [4.69, 9.17) is 0 Å². The summed E-state index contributed by atoms with van der Waals surface area (Å²) in [5, 5.41) is 29.6. The standard InChI is InChI=1S/C22H22O3/c23-20-13-11-16(12-14-20)18(15-19-6-2-4-8-22(19)25)10-9-17-5-1-3-7-21(17)24/h1-8,11-14,18,23-25H,9-10,15H2. The van der Waals surface area contributed by atoms with Gasteiger partial charge in [0.1, 0.15) is 17.2 Å². The summed E-state index contributed by atoms with van der Waals surface area (Å²) in [4.78, 5) is 0. The number of phenolic OH excluding ortho intramolecular Hbond substituents is 3. The summed E-state index contributed by atoms with van der Waals surface area (Å²) in [6.07, 6.45) is 2.27. The Bertz CT molecular complexity index is 825. The highest BCUT2D eigenvalue weighted by molar-refractivity contribution is 5.36. The minimum absolute atomic E-state index is 0.175. The van der Waals surface area contributed by atoms with Gasteiger partial charge in [0.2, 0.25) is 0 Å². The van der Waals surface area contributed by atoms with Gasteiger partial charge in [0, 0.05) is 0 Å². The summed E-state index contributed by atoms with van der Waals surface area (Å²) in [6.45, 7) is 0. The molecule has 0 saturated carbocycles. The largest absolute Gasteiger partial charge is 0.508 e. The monoisotopic (exact) mass is 334 g/mol. The number of aromatic hydroxyl groups is 3. The maximum absolute atomic E-state index is 10.1. The van der Waals surface area contributed by atoms with Crippen LogP contribution >= 0.6 is 0 Å². The lowest BCUT2D eigenvalue weighted by Crippen LogP contribution is -2.05. The van der Waals surface area contributed by atoms with Gasteiger partial charge in [-0.1, -0.05) is 48.5 Å². The van der Waals surface area contributed by atoms with Gasteiger partial charge >= 0.3 is 0 Å². The molecule has 0 aliphatic heterocycles. The number of hydrogen-bond acceptors (Lipinski definition) is 3. The van der Waals surface area contributed by atoms with Crippen molar-refractivity contribution in [2.45, 2.75) is 25.2 Å². The molecule has 3 N–H and O–H groups in total. The van der Waals surface area contributed by atoms with Crippen molar-refractivity contribution < 1.29 is 15.3 Å². The minimum Gasteiger partial charge on any atom is -0.508 e. The van der Waals surface area contributed by atoms with E-state index in [2.05, 4.69) is 0 Å². The van der Waals surface area contributed by atoms with Gasteiger partial charge in [-0.15, -0.1) is 0 Å². The van der Waals surface area contributed by atoms with Gasteiger partial charge in [0.05, 0.1) is 0 Å². The van der Waals surface area contributed by atoms with Crippen LogP contribution in [0.15, 0.2) is 72.8 Å². The summed E-state index contributed by atoms with van der Waals surface area (Å²) in [5.41, 5.74) is 2.93. The van der Waals surface area contributed by atoms with E-state index in [-0.39, 0.29) is 11.7 Å². The molecule has 0 radical (unpaired) electrons. The van der Waals surface area contributed by atoms with E-state index in [0.29, 0.717) is 17.9 Å². The second kappa shape index (κ2) is 7.75. The van der Waals surface area contributed by atoms with Crippen LogP contribution in [0.4, 0.5) is 0 Å². The smallest absolute Gasteiger partial charge is 0.118 e. The number of benzene rings is 3. The van der Waals surface area contributed by atoms with Crippen LogP contribution in [-0.2, 0) is 12.8 Å². The van der Waals surface area contributed by atoms with Gasteiger partial charge in [-0.25, -0.2) is 0 Å². The van der Waals surface area contributed by atoms with Gasteiger partial charge < -0.3 is 15.3 Å². The molecule has 1 unspecified atom stereocenters. The van der Waals surface area contributed by atoms with E-state index < -0.39 is 0 Å². The number of para-hydroxylation sites is 2. The molecule has 0 fully saturated rings. The lowest BCUT2D eigenvalue weighted by Gasteiger charge is -2.19. The molecule has 1 atom stereocenters. The first-order valence-corrected chi connectivity index (χ1v) is 8.46. The second-order valence-corrected chi connectivity index (χ2v) is 6.29. The lowest BCUT2D eigenvalue weighted by molar-refractivity contribution is 0.458. The topological polar surface area (TPSA) is 60.7 Å². The number of phenols is 3. The Hall–Kier alpha value is -2.94. The molecule has 0 bridgehead atoms. The first-order chi connectivity index (χ1) is 12.1. The molecule has 25 heavy (non-hydrogen) atoms. The fourth-order valence-corrected chi connectivity index (χ4v) is 3.13. The third-order valence-corrected chi connectivity index (χ3v) is 4.58. The molecule has 3 heteroatoms. The molecule has 3 nitrogen and oxygen atoms in total. The molecule has 3 aromatic carbocycles. The Morgan fingerprint density at radius 1 is 0.640 bits per heavy atom. The summed E-state index contributed by atoms with van der Waals surface area (Å²) >= 11 is 0. The molecular formula is C22H22O3. The zero-order chi connectivity index (χ0) is 17.6. The molecule has 3 aromatic rings. The molecule has 128 valence electrons. The Morgan fingerprint density at radius 3 is 1.80 bits per heavy atom. The molecule has 0 heterocycles. The quantitative estimate of drug-likeness (QED) is 0.609. The highest BCUT2D eigenvalue weighted by Gasteiger charge is 2.15. The summed E-state index contributed by atoms with van der Waals surface area (Å²) in [7, 11) is 0. The van der Waals surface area contributed by atoms with Crippen LogP contribution in [0.3, 0.4) is 0 Å². The molecular weight excluding hydrogens is 312 g/mol. The van der Waals surface area contributed by atoms with Crippen molar-refractivity contribution in [3.8, 4) is 17.2 Å². The van der Waals surface area contributed by atoms with E-state index >= 15 is 0 Å². The molecule has 3 rings (SSSR count). The van der Waals surface area contributed by atoms with Crippen molar-refractivity contribution in [1.82, 2.24) is 0 Å². The van der Waals surface area contributed by atoms with Gasteiger partial charge in [-0.05, 0) is 66.1 Å². The Balaban J connectivity index is 1.82. The first kappa shape index (κ1) is 16.9. The zero-order valence-electron chi connectivity index (χ0n) is 14.0.